The highest BCUT2D eigenvalue weighted by atomic mass is 32.2. The smallest absolute Gasteiger partial charge is 0.264 e. The van der Waals surface area contributed by atoms with E-state index in [4.69, 9.17) is 14.2 Å². The first-order valence-electron chi connectivity index (χ1n) is 12.8. The van der Waals surface area contributed by atoms with Crippen LogP contribution in [0.4, 0.5) is 10.1 Å². The minimum atomic E-state index is -4.34. The number of carbonyl (C=O) groups is 2. The number of likely N-dealkylation sites (N-methyl/N-ethyl adjacent to an activating group) is 1. The molecule has 0 radical (unpaired) electrons. The number of sulfonamides is 1. The Balaban J connectivity index is 2.07. The van der Waals surface area contributed by atoms with Crippen molar-refractivity contribution in [2.45, 2.75) is 31.3 Å². The predicted molar refractivity (Wildman–Crippen MR) is 152 cm³/mol. The summed E-state index contributed by atoms with van der Waals surface area (Å²) in [6.07, 6.45) is 0. The zero-order valence-corrected chi connectivity index (χ0v) is 24.4. The second kappa shape index (κ2) is 13.8. The van der Waals surface area contributed by atoms with E-state index in [-0.39, 0.29) is 22.9 Å². The highest BCUT2D eigenvalue weighted by Crippen LogP contribution is 2.33. The lowest BCUT2D eigenvalue weighted by Crippen LogP contribution is -2.50. The van der Waals surface area contributed by atoms with Crippen molar-refractivity contribution in [1.29, 1.82) is 0 Å². The molecule has 0 saturated heterocycles. The fourth-order valence-corrected chi connectivity index (χ4v) is 5.52. The lowest BCUT2D eigenvalue weighted by Gasteiger charge is -2.32. The highest BCUT2D eigenvalue weighted by Gasteiger charge is 2.33. The van der Waals surface area contributed by atoms with E-state index in [0.29, 0.717) is 23.7 Å². The van der Waals surface area contributed by atoms with Crippen LogP contribution in [0.2, 0.25) is 0 Å². The van der Waals surface area contributed by atoms with Crippen molar-refractivity contribution in [3.8, 4) is 17.2 Å². The van der Waals surface area contributed by atoms with Crippen LogP contribution < -0.4 is 23.8 Å². The molecular formula is C29H34FN3O7S. The first-order valence-corrected chi connectivity index (χ1v) is 14.2. The number of rotatable bonds is 13. The molecule has 0 aliphatic heterocycles. The predicted octanol–water partition coefficient (Wildman–Crippen LogP) is 3.60. The van der Waals surface area contributed by atoms with E-state index >= 15 is 0 Å². The van der Waals surface area contributed by atoms with Crippen molar-refractivity contribution in [3.05, 3.63) is 78.1 Å². The second-order valence-corrected chi connectivity index (χ2v) is 10.8. The minimum absolute atomic E-state index is 0.0543. The summed E-state index contributed by atoms with van der Waals surface area (Å²) in [6, 6.07) is 14.9. The van der Waals surface area contributed by atoms with E-state index in [0.717, 1.165) is 4.31 Å². The van der Waals surface area contributed by atoms with Crippen molar-refractivity contribution in [2.75, 3.05) is 38.7 Å². The lowest BCUT2D eigenvalue weighted by atomic mass is 10.1. The third-order valence-corrected chi connectivity index (χ3v) is 8.11. The van der Waals surface area contributed by atoms with Crippen LogP contribution in [0.5, 0.6) is 17.2 Å². The summed E-state index contributed by atoms with van der Waals surface area (Å²) in [4.78, 5) is 27.5. The molecule has 1 atom stereocenters. The summed E-state index contributed by atoms with van der Waals surface area (Å²) in [7, 11) is -0.0832. The zero-order chi connectivity index (χ0) is 30.2. The average molecular weight is 588 g/mol. The monoisotopic (exact) mass is 587 g/mol. The summed E-state index contributed by atoms with van der Waals surface area (Å²) >= 11 is 0. The van der Waals surface area contributed by atoms with Crippen LogP contribution in [0.25, 0.3) is 0 Å². The van der Waals surface area contributed by atoms with Gasteiger partial charge in [0.25, 0.3) is 10.0 Å². The van der Waals surface area contributed by atoms with Gasteiger partial charge in [-0.25, -0.2) is 12.8 Å². The SMILES string of the molecule is CCOc1ccc(N(CC(=O)N(Cc2ccc(F)cc2)[C@H](C)C(=O)NC)S(=O)(=O)c2ccc(OC)c(OC)c2)cc1. The molecule has 220 valence electrons. The molecule has 0 aliphatic carbocycles. The van der Waals surface area contributed by atoms with Gasteiger partial charge in [-0.05, 0) is 67.9 Å². The van der Waals surface area contributed by atoms with Crippen LogP contribution in [0.15, 0.2) is 71.6 Å². The maximum Gasteiger partial charge on any atom is 0.264 e. The maximum atomic E-state index is 14.0. The zero-order valence-electron chi connectivity index (χ0n) is 23.6. The molecule has 3 aromatic carbocycles. The Kier molecular flexibility index (Phi) is 10.5. The number of hydrogen-bond acceptors (Lipinski definition) is 7. The fraction of sp³-hybridized carbons (Fsp3) is 0.310. The van der Waals surface area contributed by atoms with Crippen LogP contribution in [0, 0.1) is 5.82 Å². The maximum absolute atomic E-state index is 14.0. The Morgan fingerprint density at radius 2 is 1.59 bits per heavy atom. The van der Waals surface area contributed by atoms with Crippen LogP contribution in [-0.2, 0) is 26.2 Å². The largest absolute Gasteiger partial charge is 0.494 e. The first kappa shape index (κ1) is 31.2. The van der Waals surface area contributed by atoms with Crippen molar-refractivity contribution in [2.24, 2.45) is 0 Å². The van der Waals surface area contributed by atoms with Gasteiger partial charge in [-0.2, -0.15) is 0 Å². The molecular weight excluding hydrogens is 553 g/mol. The van der Waals surface area contributed by atoms with Gasteiger partial charge in [0.2, 0.25) is 11.8 Å². The standard InChI is InChI=1S/C29H34FN3O7S/c1-6-40-24-13-11-23(12-14-24)33(41(36,37)25-15-16-26(38-4)27(17-25)39-5)19-28(34)32(20(2)29(35)31-3)18-21-7-9-22(30)10-8-21/h7-17,20H,6,18-19H2,1-5H3,(H,31,35)/t20-/m1/s1. The number of ether oxygens (including phenoxy) is 3. The Bertz CT molecular complexity index is 1450. The van der Waals surface area contributed by atoms with E-state index in [1.54, 1.807) is 12.1 Å². The van der Waals surface area contributed by atoms with Crippen molar-refractivity contribution in [1.82, 2.24) is 10.2 Å². The number of halogens is 1. The van der Waals surface area contributed by atoms with E-state index in [2.05, 4.69) is 5.32 Å². The van der Waals surface area contributed by atoms with Crippen LogP contribution in [0.3, 0.4) is 0 Å². The molecule has 10 nitrogen and oxygen atoms in total. The quantitative estimate of drug-likeness (QED) is 0.325. The molecule has 0 unspecified atom stereocenters. The van der Waals surface area contributed by atoms with Gasteiger partial charge in [0.05, 0.1) is 31.4 Å². The Morgan fingerprint density at radius 3 is 2.15 bits per heavy atom. The number of carbonyl (C=O) groups excluding carboxylic acids is 2. The van der Waals surface area contributed by atoms with Crippen LogP contribution >= 0.6 is 0 Å². The van der Waals surface area contributed by atoms with Gasteiger partial charge in [0.15, 0.2) is 11.5 Å². The highest BCUT2D eigenvalue weighted by molar-refractivity contribution is 7.92. The van der Waals surface area contributed by atoms with E-state index in [1.165, 1.54) is 87.7 Å². The molecule has 12 heteroatoms. The van der Waals surface area contributed by atoms with Gasteiger partial charge in [0.1, 0.15) is 24.2 Å². The summed E-state index contributed by atoms with van der Waals surface area (Å²) in [6.45, 7) is 3.09. The van der Waals surface area contributed by atoms with Crippen molar-refractivity contribution >= 4 is 27.5 Å². The molecule has 0 aliphatic rings. The van der Waals surface area contributed by atoms with Gasteiger partial charge < -0.3 is 24.4 Å². The number of methoxy groups -OCH3 is 2. The van der Waals surface area contributed by atoms with E-state index < -0.39 is 40.2 Å². The van der Waals surface area contributed by atoms with Crippen LogP contribution in [-0.4, -0.2) is 65.6 Å². The number of hydrogen-bond donors (Lipinski definition) is 1. The van der Waals surface area contributed by atoms with Gasteiger partial charge in [0, 0.05) is 19.7 Å². The molecule has 3 rings (SSSR count). The Labute approximate surface area is 239 Å². The van der Waals surface area contributed by atoms with Gasteiger partial charge in [-0.3, -0.25) is 13.9 Å². The summed E-state index contributed by atoms with van der Waals surface area (Å²) in [5.41, 5.74) is 0.761. The van der Waals surface area contributed by atoms with Gasteiger partial charge in [-0.15, -0.1) is 0 Å². The van der Waals surface area contributed by atoms with Crippen molar-refractivity contribution < 1.29 is 36.6 Å². The lowest BCUT2D eigenvalue weighted by molar-refractivity contribution is -0.139. The minimum Gasteiger partial charge on any atom is -0.494 e. The molecule has 0 spiro atoms. The second-order valence-electron chi connectivity index (χ2n) is 8.89. The van der Waals surface area contributed by atoms with Gasteiger partial charge in [-0.1, -0.05) is 12.1 Å². The molecule has 1 N–H and O–H groups in total. The van der Waals surface area contributed by atoms with Crippen molar-refractivity contribution in [3.63, 3.8) is 0 Å². The topological polar surface area (TPSA) is 114 Å². The Morgan fingerprint density at radius 1 is 0.951 bits per heavy atom. The van der Waals surface area contributed by atoms with E-state index in [9.17, 15) is 22.4 Å². The number of amides is 2. The third kappa shape index (κ3) is 7.46. The van der Waals surface area contributed by atoms with Gasteiger partial charge >= 0.3 is 0 Å². The van der Waals surface area contributed by atoms with Crippen LogP contribution in [0.1, 0.15) is 19.4 Å². The summed E-state index contributed by atoms with van der Waals surface area (Å²) < 4.78 is 58.5. The molecule has 0 bridgehead atoms. The van der Waals surface area contributed by atoms with E-state index in [1.807, 2.05) is 6.92 Å². The third-order valence-electron chi connectivity index (χ3n) is 6.34. The molecule has 0 fully saturated rings. The number of nitrogens with zero attached hydrogens (tertiary/aromatic N) is 2. The summed E-state index contributed by atoms with van der Waals surface area (Å²) in [5, 5.41) is 2.51. The number of benzene rings is 3. The fourth-order valence-electron chi connectivity index (χ4n) is 4.09. The Hall–Kier alpha value is -4.32. The number of nitrogens with one attached hydrogen (secondary N) is 1. The normalized spacial score (nSPS) is 11.8. The molecule has 0 aromatic heterocycles. The first-order chi connectivity index (χ1) is 19.5. The molecule has 3 aromatic rings. The molecule has 0 saturated carbocycles. The molecule has 41 heavy (non-hydrogen) atoms. The molecule has 0 heterocycles. The summed E-state index contributed by atoms with van der Waals surface area (Å²) in [5.74, 6) is -0.497. The number of anilines is 1. The molecule has 2 amide bonds. The average Bonchev–Trinajstić information content (AvgIpc) is 2.98.